The van der Waals surface area contributed by atoms with Gasteiger partial charge in [0.2, 0.25) is 0 Å². The molecule has 0 bridgehead atoms. The van der Waals surface area contributed by atoms with Crippen LogP contribution in [-0.4, -0.2) is 4.98 Å². The van der Waals surface area contributed by atoms with Crippen LogP contribution in [-0.2, 0) is 0 Å². The Bertz CT molecular complexity index is 148. The van der Waals surface area contributed by atoms with Crippen molar-refractivity contribution >= 4 is 0 Å². The van der Waals surface area contributed by atoms with E-state index >= 15 is 0 Å². The number of nitrogens with two attached hydrogens (primary N) is 1. The first-order valence-corrected chi connectivity index (χ1v) is 2.38. The highest BCUT2D eigenvalue weighted by Gasteiger charge is 1.82. The summed E-state index contributed by atoms with van der Waals surface area (Å²) in [5, 5.41) is 0. The van der Waals surface area contributed by atoms with Crippen LogP contribution in [0.1, 0.15) is 5.56 Å². The Kier molecular flexibility index (Phi) is 1.59. The molecule has 0 aliphatic rings. The van der Waals surface area contributed by atoms with E-state index in [4.69, 9.17) is 5.73 Å². The Hall–Kier alpha value is -0.890. The van der Waals surface area contributed by atoms with E-state index in [1.807, 2.05) is 12.1 Å². The molecule has 2 heteroatoms. The number of aromatic nitrogens is 1. The molecule has 0 aliphatic heterocycles. The Morgan fingerprint density at radius 1 is 1.62 bits per heavy atom. The molecule has 0 atom stereocenters. The van der Waals surface area contributed by atoms with Gasteiger partial charge < -0.3 is 5.73 Å². The summed E-state index contributed by atoms with van der Waals surface area (Å²) in [6.07, 6.45) is 3.42. The molecule has 0 fully saturated rings. The van der Waals surface area contributed by atoms with Crippen LogP contribution in [0.3, 0.4) is 0 Å². The van der Waals surface area contributed by atoms with E-state index in [9.17, 15) is 0 Å². The molecule has 8 heavy (non-hydrogen) atoms. The average Bonchev–Trinajstić information content (AvgIpc) is 1.90. The number of hydrogen-bond acceptors (Lipinski definition) is 2. The third-order valence-electron chi connectivity index (χ3n) is 0.877. The van der Waals surface area contributed by atoms with E-state index < -0.39 is 0 Å². The molecule has 1 aromatic rings. The summed E-state index contributed by atoms with van der Waals surface area (Å²) in [5.41, 5.74) is 6.14. The normalized spacial score (nSPS) is 9.12. The van der Waals surface area contributed by atoms with E-state index in [-0.39, 0.29) is 0 Å². The van der Waals surface area contributed by atoms with Crippen LogP contribution in [0.15, 0.2) is 24.5 Å². The van der Waals surface area contributed by atoms with Gasteiger partial charge in [-0.3, -0.25) is 4.98 Å². The number of hydrogen-bond donors (Lipinski definition) is 1. The van der Waals surface area contributed by atoms with Crippen molar-refractivity contribution in [2.45, 2.75) is 0 Å². The molecule has 0 unspecified atom stereocenters. The lowest BCUT2D eigenvalue weighted by atomic mass is 10.3. The molecule has 1 radical (unpaired) electrons. The van der Waals surface area contributed by atoms with Crippen LogP contribution >= 0.6 is 0 Å². The first-order chi connectivity index (χ1) is 3.93. The van der Waals surface area contributed by atoms with Crippen LogP contribution < -0.4 is 5.73 Å². The maximum Gasteiger partial charge on any atom is 0.0507 e. The summed E-state index contributed by atoms with van der Waals surface area (Å²) in [6.45, 7) is 1.52. The zero-order chi connectivity index (χ0) is 5.82. The molecule has 0 aromatic carbocycles. The van der Waals surface area contributed by atoms with Gasteiger partial charge in [0.15, 0.2) is 0 Å². The van der Waals surface area contributed by atoms with Gasteiger partial charge in [0, 0.05) is 12.4 Å². The van der Waals surface area contributed by atoms with Crippen molar-refractivity contribution in [3.05, 3.63) is 36.6 Å². The van der Waals surface area contributed by atoms with Crippen LogP contribution in [0.25, 0.3) is 0 Å². The predicted molar refractivity (Wildman–Crippen MR) is 31.8 cm³/mol. The van der Waals surface area contributed by atoms with Crippen molar-refractivity contribution in [1.82, 2.24) is 4.98 Å². The largest absolute Gasteiger partial charge is 0.322 e. The van der Waals surface area contributed by atoms with Crippen LogP contribution in [0.2, 0.25) is 0 Å². The fourth-order valence-electron chi connectivity index (χ4n) is 0.475. The van der Waals surface area contributed by atoms with Gasteiger partial charge in [-0.05, 0) is 11.6 Å². The number of rotatable bonds is 1. The van der Waals surface area contributed by atoms with Gasteiger partial charge in [0.25, 0.3) is 0 Å². The molecule has 2 nitrogen and oxygen atoms in total. The summed E-state index contributed by atoms with van der Waals surface area (Å²) in [4.78, 5) is 3.84. The molecule has 1 rings (SSSR count). The fourth-order valence-corrected chi connectivity index (χ4v) is 0.475. The van der Waals surface area contributed by atoms with Crippen molar-refractivity contribution in [2.24, 2.45) is 5.73 Å². The Labute approximate surface area is 48.4 Å². The zero-order valence-corrected chi connectivity index (χ0v) is 4.41. The summed E-state index contributed by atoms with van der Waals surface area (Å²) in [7, 11) is 0. The summed E-state index contributed by atoms with van der Waals surface area (Å²) in [5.74, 6) is 0. The van der Waals surface area contributed by atoms with E-state index in [2.05, 4.69) is 4.98 Å². The quantitative estimate of drug-likeness (QED) is 0.569. The van der Waals surface area contributed by atoms with Crippen LogP contribution in [0, 0.1) is 6.54 Å². The zero-order valence-electron chi connectivity index (χ0n) is 4.41. The maximum absolute atomic E-state index is 5.18. The first kappa shape index (κ1) is 5.25. The smallest absolute Gasteiger partial charge is 0.0507 e. The highest BCUT2D eigenvalue weighted by molar-refractivity contribution is 5.15. The minimum Gasteiger partial charge on any atom is -0.322 e. The van der Waals surface area contributed by atoms with Crippen molar-refractivity contribution in [3.8, 4) is 0 Å². The number of pyridine rings is 1. The van der Waals surface area contributed by atoms with Crippen molar-refractivity contribution in [2.75, 3.05) is 0 Å². The van der Waals surface area contributed by atoms with Crippen molar-refractivity contribution in [3.63, 3.8) is 0 Å². The average molecular weight is 107 g/mol. The summed E-state index contributed by atoms with van der Waals surface area (Å²) < 4.78 is 0. The van der Waals surface area contributed by atoms with Crippen molar-refractivity contribution in [1.29, 1.82) is 0 Å². The second-order valence-corrected chi connectivity index (χ2v) is 1.45. The predicted octanol–water partition coefficient (Wildman–Crippen LogP) is 0.550. The monoisotopic (exact) mass is 107 g/mol. The van der Waals surface area contributed by atoms with Gasteiger partial charge in [0.1, 0.15) is 0 Å². The Morgan fingerprint density at radius 3 is 2.88 bits per heavy atom. The van der Waals surface area contributed by atoms with Gasteiger partial charge in [-0.2, -0.15) is 0 Å². The molecule has 0 saturated carbocycles. The third-order valence-corrected chi connectivity index (χ3v) is 0.877. The van der Waals surface area contributed by atoms with Gasteiger partial charge in [-0.15, -0.1) is 0 Å². The fraction of sp³-hybridized carbons (Fsp3) is 0. The standard InChI is InChI=1S/C6H7N2/c7-4-6-2-1-3-8-5-6/h1-5H,7H2. The summed E-state index contributed by atoms with van der Waals surface area (Å²) >= 11 is 0. The van der Waals surface area contributed by atoms with Crippen molar-refractivity contribution < 1.29 is 0 Å². The van der Waals surface area contributed by atoms with Gasteiger partial charge in [-0.1, -0.05) is 6.07 Å². The number of nitrogens with zero attached hydrogens (tertiary/aromatic N) is 1. The first-order valence-electron chi connectivity index (χ1n) is 2.38. The maximum atomic E-state index is 5.18. The molecular formula is C6H7N2. The van der Waals surface area contributed by atoms with Gasteiger partial charge >= 0.3 is 0 Å². The third kappa shape index (κ3) is 1.04. The minimum absolute atomic E-state index is 0.951. The highest BCUT2D eigenvalue weighted by Crippen LogP contribution is 1.92. The SMILES string of the molecule is N[CH]c1cccnc1. The molecule has 0 amide bonds. The van der Waals surface area contributed by atoms with E-state index in [0.717, 1.165) is 5.56 Å². The Balaban J connectivity index is 2.83. The lowest BCUT2D eigenvalue weighted by molar-refractivity contribution is 1.25. The molecule has 0 spiro atoms. The molecule has 41 valence electrons. The topological polar surface area (TPSA) is 38.9 Å². The Morgan fingerprint density at radius 2 is 2.50 bits per heavy atom. The summed E-state index contributed by atoms with van der Waals surface area (Å²) in [6, 6.07) is 3.74. The minimum atomic E-state index is 0.951. The molecule has 1 heterocycles. The molecule has 0 saturated heterocycles. The van der Waals surface area contributed by atoms with E-state index in [0.29, 0.717) is 0 Å². The van der Waals surface area contributed by atoms with Gasteiger partial charge in [0.05, 0.1) is 6.54 Å². The van der Waals surface area contributed by atoms with E-state index in [1.54, 1.807) is 12.4 Å². The van der Waals surface area contributed by atoms with E-state index in [1.165, 1.54) is 6.54 Å². The lowest BCUT2D eigenvalue weighted by Crippen LogP contribution is -1.91. The lowest BCUT2D eigenvalue weighted by Gasteiger charge is -1.88. The van der Waals surface area contributed by atoms with Crippen LogP contribution in [0.4, 0.5) is 0 Å². The van der Waals surface area contributed by atoms with Crippen LogP contribution in [0.5, 0.6) is 0 Å². The highest BCUT2D eigenvalue weighted by atomic mass is 14.6. The molecule has 1 aromatic heterocycles. The molecule has 0 aliphatic carbocycles. The second kappa shape index (κ2) is 2.43. The van der Waals surface area contributed by atoms with Gasteiger partial charge in [-0.25, -0.2) is 0 Å². The molecule has 2 N–H and O–H groups in total. The second-order valence-electron chi connectivity index (χ2n) is 1.45. The molecular weight excluding hydrogens is 100 g/mol.